The van der Waals surface area contributed by atoms with E-state index in [1.807, 2.05) is 24.3 Å². The standard InChI is InChI=1S/C34H50O3/c1-3-5-7-8-9-11-27-36-32-25-21-31(22-26-32)34(35)37-33-23-19-30(20-24-33)18-17-29-15-13-28(14-16-29)12-10-6-4-2/h19-26,28-29H,3-18,27H2,1-2H3. The van der Waals surface area contributed by atoms with E-state index in [9.17, 15) is 4.79 Å². The van der Waals surface area contributed by atoms with Crippen molar-refractivity contribution in [1.29, 1.82) is 0 Å². The Morgan fingerprint density at radius 3 is 1.92 bits per heavy atom. The van der Waals surface area contributed by atoms with Crippen LogP contribution in [0.25, 0.3) is 0 Å². The average Bonchev–Trinajstić information content (AvgIpc) is 2.93. The lowest BCUT2D eigenvalue weighted by atomic mass is 9.78. The maximum atomic E-state index is 12.6. The fourth-order valence-corrected chi connectivity index (χ4v) is 5.51. The number of hydrogen-bond acceptors (Lipinski definition) is 3. The van der Waals surface area contributed by atoms with Crippen LogP contribution in [0, 0.1) is 11.8 Å². The molecular formula is C34H50O3. The van der Waals surface area contributed by atoms with Crippen molar-refractivity contribution >= 4 is 5.97 Å². The van der Waals surface area contributed by atoms with Crippen molar-refractivity contribution in [2.24, 2.45) is 11.8 Å². The van der Waals surface area contributed by atoms with E-state index >= 15 is 0 Å². The maximum Gasteiger partial charge on any atom is 0.343 e. The second-order valence-corrected chi connectivity index (χ2v) is 11.1. The first kappa shape index (κ1) is 29.3. The third-order valence-corrected chi connectivity index (χ3v) is 8.01. The number of rotatable bonds is 17. The Hall–Kier alpha value is -2.29. The summed E-state index contributed by atoms with van der Waals surface area (Å²) in [6.45, 7) is 5.25. The van der Waals surface area contributed by atoms with Crippen molar-refractivity contribution in [3.63, 3.8) is 0 Å². The van der Waals surface area contributed by atoms with Crippen molar-refractivity contribution in [3.8, 4) is 11.5 Å². The smallest absolute Gasteiger partial charge is 0.343 e. The summed E-state index contributed by atoms with van der Waals surface area (Å²) >= 11 is 0. The number of hydrogen-bond donors (Lipinski definition) is 0. The van der Waals surface area contributed by atoms with Crippen LogP contribution in [0.3, 0.4) is 0 Å². The molecule has 0 unspecified atom stereocenters. The van der Waals surface area contributed by atoms with E-state index in [4.69, 9.17) is 9.47 Å². The molecule has 0 amide bonds. The van der Waals surface area contributed by atoms with Gasteiger partial charge in [0.15, 0.2) is 0 Å². The molecule has 1 saturated carbocycles. The molecule has 2 aromatic carbocycles. The molecule has 3 rings (SSSR count). The van der Waals surface area contributed by atoms with E-state index in [0.717, 1.165) is 37.0 Å². The van der Waals surface area contributed by atoms with Gasteiger partial charge in [0.1, 0.15) is 11.5 Å². The summed E-state index contributed by atoms with van der Waals surface area (Å²) in [6.07, 6.45) is 21.1. The normalized spacial score (nSPS) is 17.5. The van der Waals surface area contributed by atoms with Crippen LogP contribution in [0.1, 0.15) is 126 Å². The lowest BCUT2D eigenvalue weighted by Gasteiger charge is -2.28. The van der Waals surface area contributed by atoms with Crippen molar-refractivity contribution in [2.45, 2.75) is 117 Å². The van der Waals surface area contributed by atoms with Crippen molar-refractivity contribution < 1.29 is 14.3 Å². The summed E-state index contributed by atoms with van der Waals surface area (Å²) in [7, 11) is 0. The molecule has 2 aromatic rings. The van der Waals surface area contributed by atoms with E-state index in [1.54, 1.807) is 12.1 Å². The Balaban J connectivity index is 1.33. The van der Waals surface area contributed by atoms with Crippen LogP contribution in [0.4, 0.5) is 0 Å². The summed E-state index contributed by atoms with van der Waals surface area (Å²) in [6, 6.07) is 15.4. The molecule has 0 saturated heterocycles. The minimum atomic E-state index is -0.328. The molecule has 1 aliphatic carbocycles. The minimum Gasteiger partial charge on any atom is -0.494 e. The number of carbonyl (C=O) groups excluding carboxylic acids is 1. The first-order valence-electron chi connectivity index (χ1n) is 15.2. The molecule has 3 nitrogen and oxygen atoms in total. The second-order valence-electron chi connectivity index (χ2n) is 11.1. The van der Waals surface area contributed by atoms with E-state index in [1.165, 1.54) is 95.5 Å². The average molecular weight is 507 g/mol. The van der Waals surface area contributed by atoms with Gasteiger partial charge in [-0.3, -0.25) is 0 Å². The van der Waals surface area contributed by atoms with E-state index < -0.39 is 0 Å². The predicted octanol–water partition coefficient (Wildman–Crippen LogP) is 9.96. The number of ether oxygens (including phenoxy) is 2. The van der Waals surface area contributed by atoms with E-state index in [2.05, 4.69) is 26.0 Å². The molecule has 3 heteroatoms. The van der Waals surface area contributed by atoms with Gasteiger partial charge in [-0.1, -0.05) is 109 Å². The van der Waals surface area contributed by atoms with Gasteiger partial charge in [-0.05, 0) is 73.1 Å². The van der Waals surface area contributed by atoms with Gasteiger partial charge < -0.3 is 9.47 Å². The van der Waals surface area contributed by atoms with Gasteiger partial charge in [0.2, 0.25) is 0 Å². The SMILES string of the molecule is CCCCCCCCOc1ccc(C(=O)Oc2ccc(CCC3CCC(CCCCC)CC3)cc2)cc1. The monoisotopic (exact) mass is 506 g/mol. The minimum absolute atomic E-state index is 0.328. The number of carbonyl (C=O) groups is 1. The van der Waals surface area contributed by atoms with Crippen LogP contribution in [-0.4, -0.2) is 12.6 Å². The Labute approximate surface area is 226 Å². The molecule has 37 heavy (non-hydrogen) atoms. The van der Waals surface area contributed by atoms with Crippen LogP contribution in [0.2, 0.25) is 0 Å². The van der Waals surface area contributed by atoms with Crippen LogP contribution in [0.5, 0.6) is 11.5 Å². The summed E-state index contributed by atoms with van der Waals surface area (Å²) < 4.78 is 11.4. The second kappa shape index (κ2) is 17.3. The van der Waals surface area contributed by atoms with Crippen LogP contribution in [-0.2, 0) is 6.42 Å². The Morgan fingerprint density at radius 2 is 1.24 bits per heavy atom. The molecule has 0 aliphatic heterocycles. The predicted molar refractivity (Wildman–Crippen MR) is 155 cm³/mol. The zero-order chi connectivity index (χ0) is 26.1. The largest absolute Gasteiger partial charge is 0.494 e. The number of unbranched alkanes of at least 4 members (excludes halogenated alkanes) is 7. The molecule has 0 bridgehead atoms. The Kier molecular flexibility index (Phi) is 13.7. The van der Waals surface area contributed by atoms with Crippen molar-refractivity contribution in [3.05, 3.63) is 59.7 Å². The first-order valence-corrected chi connectivity index (χ1v) is 15.2. The van der Waals surface area contributed by atoms with Gasteiger partial charge in [0, 0.05) is 0 Å². The summed E-state index contributed by atoms with van der Waals surface area (Å²) in [5.74, 6) is 2.93. The Bertz CT molecular complexity index is 863. The molecule has 0 radical (unpaired) electrons. The third-order valence-electron chi connectivity index (χ3n) is 8.01. The van der Waals surface area contributed by atoms with Crippen molar-refractivity contribution in [2.75, 3.05) is 6.61 Å². The van der Waals surface area contributed by atoms with Gasteiger partial charge in [0.25, 0.3) is 0 Å². The Morgan fingerprint density at radius 1 is 0.676 bits per heavy atom. The lowest BCUT2D eigenvalue weighted by Crippen LogP contribution is -2.15. The first-order chi connectivity index (χ1) is 18.2. The quantitative estimate of drug-likeness (QED) is 0.122. The van der Waals surface area contributed by atoms with E-state index in [-0.39, 0.29) is 5.97 Å². The van der Waals surface area contributed by atoms with Crippen LogP contribution in [0.15, 0.2) is 48.5 Å². The zero-order valence-corrected chi connectivity index (χ0v) is 23.5. The highest BCUT2D eigenvalue weighted by Crippen LogP contribution is 2.34. The van der Waals surface area contributed by atoms with Gasteiger partial charge >= 0.3 is 5.97 Å². The lowest BCUT2D eigenvalue weighted by molar-refractivity contribution is 0.0734. The highest BCUT2D eigenvalue weighted by molar-refractivity contribution is 5.91. The summed E-state index contributed by atoms with van der Waals surface area (Å²) in [5.41, 5.74) is 1.87. The van der Waals surface area contributed by atoms with Gasteiger partial charge in [-0.2, -0.15) is 0 Å². The number of benzene rings is 2. The van der Waals surface area contributed by atoms with E-state index in [0.29, 0.717) is 11.3 Å². The molecular weight excluding hydrogens is 456 g/mol. The highest BCUT2D eigenvalue weighted by Gasteiger charge is 2.20. The fraction of sp³-hybridized carbons (Fsp3) is 0.618. The molecule has 0 atom stereocenters. The van der Waals surface area contributed by atoms with Gasteiger partial charge in [-0.15, -0.1) is 0 Å². The molecule has 0 spiro atoms. The van der Waals surface area contributed by atoms with Crippen LogP contribution >= 0.6 is 0 Å². The molecule has 1 fully saturated rings. The highest BCUT2D eigenvalue weighted by atomic mass is 16.5. The molecule has 1 aliphatic rings. The number of aryl methyl sites for hydroxylation is 1. The van der Waals surface area contributed by atoms with Gasteiger partial charge in [0.05, 0.1) is 12.2 Å². The summed E-state index contributed by atoms with van der Waals surface area (Å²) in [4.78, 5) is 12.6. The third kappa shape index (κ3) is 11.3. The van der Waals surface area contributed by atoms with Gasteiger partial charge in [-0.25, -0.2) is 4.79 Å². The molecule has 0 aromatic heterocycles. The fourth-order valence-electron chi connectivity index (χ4n) is 5.51. The molecule has 204 valence electrons. The number of esters is 1. The van der Waals surface area contributed by atoms with Crippen LogP contribution < -0.4 is 9.47 Å². The maximum absolute atomic E-state index is 12.6. The molecule has 0 heterocycles. The summed E-state index contributed by atoms with van der Waals surface area (Å²) in [5, 5.41) is 0. The van der Waals surface area contributed by atoms with Crippen molar-refractivity contribution in [1.82, 2.24) is 0 Å². The topological polar surface area (TPSA) is 35.5 Å². The molecule has 0 N–H and O–H groups in total. The zero-order valence-electron chi connectivity index (χ0n) is 23.5.